The first-order valence-corrected chi connectivity index (χ1v) is 7.01. The Morgan fingerprint density at radius 2 is 1.94 bits per heavy atom. The van der Waals surface area contributed by atoms with Gasteiger partial charge in [-0.25, -0.2) is 0 Å². The number of hydrogen-bond acceptors (Lipinski definition) is 1. The highest BCUT2D eigenvalue weighted by atomic mass is 79.9. The van der Waals surface area contributed by atoms with E-state index in [4.69, 9.17) is 0 Å². The number of alkyl halides is 1. The van der Waals surface area contributed by atoms with Crippen LogP contribution in [0.2, 0.25) is 0 Å². The van der Waals surface area contributed by atoms with E-state index < -0.39 is 0 Å². The lowest BCUT2D eigenvalue weighted by Gasteiger charge is -2.31. The van der Waals surface area contributed by atoms with Crippen molar-refractivity contribution in [3.05, 3.63) is 35.4 Å². The molecule has 2 rings (SSSR count). The van der Waals surface area contributed by atoms with Crippen molar-refractivity contribution in [2.24, 2.45) is 5.92 Å². The molecular formula is C14H18BrNO. The van der Waals surface area contributed by atoms with Crippen LogP contribution in [0.5, 0.6) is 0 Å². The van der Waals surface area contributed by atoms with Crippen molar-refractivity contribution < 1.29 is 4.79 Å². The van der Waals surface area contributed by atoms with E-state index in [0.29, 0.717) is 5.92 Å². The van der Waals surface area contributed by atoms with Gasteiger partial charge in [0.05, 0.1) is 4.83 Å². The van der Waals surface area contributed by atoms with E-state index in [1.807, 2.05) is 11.0 Å². The predicted molar refractivity (Wildman–Crippen MR) is 73.1 cm³/mol. The molecule has 0 spiro atoms. The minimum Gasteiger partial charge on any atom is -0.337 e. The number of nitrogens with zero attached hydrogens (tertiary/aromatic N) is 1. The number of carbonyl (C=O) groups excluding carboxylic acids is 1. The largest absolute Gasteiger partial charge is 0.337 e. The van der Waals surface area contributed by atoms with Crippen LogP contribution >= 0.6 is 15.9 Å². The molecule has 1 aliphatic rings. The third kappa shape index (κ3) is 2.71. The molecule has 1 atom stereocenters. The van der Waals surface area contributed by atoms with E-state index >= 15 is 0 Å². The summed E-state index contributed by atoms with van der Waals surface area (Å²) in [7, 11) is 0. The van der Waals surface area contributed by atoms with Gasteiger partial charge >= 0.3 is 0 Å². The second kappa shape index (κ2) is 5.21. The molecule has 0 saturated carbocycles. The lowest BCUT2D eigenvalue weighted by molar-refractivity contribution is -0.132. The van der Waals surface area contributed by atoms with Crippen LogP contribution < -0.4 is 0 Å². The summed E-state index contributed by atoms with van der Waals surface area (Å²) in [5.74, 6) is 0.550. The molecule has 1 amide bonds. The van der Waals surface area contributed by atoms with Crippen LogP contribution in [-0.4, -0.2) is 22.2 Å². The van der Waals surface area contributed by atoms with E-state index in [9.17, 15) is 4.79 Å². The summed E-state index contributed by atoms with van der Waals surface area (Å²) in [5.41, 5.74) is 2.67. The first-order valence-electron chi connectivity index (χ1n) is 6.09. The Morgan fingerprint density at radius 3 is 2.59 bits per heavy atom. The maximum Gasteiger partial charge on any atom is 0.236 e. The van der Waals surface area contributed by atoms with Crippen LogP contribution in [0.4, 0.5) is 0 Å². The van der Waals surface area contributed by atoms with Gasteiger partial charge in [0, 0.05) is 13.1 Å². The topological polar surface area (TPSA) is 20.3 Å². The highest BCUT2D eigenvalue weighted by molar-refractivity contribution is 9.10. The first-order chi connectivity index (χ1) is 8.09. The summed E-state index contributed by atoms with van der Waals surface area (Å²) in [6.45, 7) is 5.72. The van der Waals surface area contributed by atoms with Gasteiger partial charge in [0.2, 0.25) is 5.91 Å². The quantitative estimate of drug-likeness (QED) is 0.768. The van der Waals surface area contributed by atoms with Crippen LogP contribution in [0.1, 0.15) is 25.0 Å². The summed E-state index contributed by atoms with van der Waals surface area (Å²) in [5, 5.41) is 0. The average molecular weight is 296 g/mol. The average Bonchev–Trinajstić information content (AvgIpc) is 2.36. The molecule has 1 aromatic rings. The van der Waals surface area contributed by atoms with Gasteiger partial charge in [0.1, 0.15) is 0 Å². The Hall–Kier alpha value is -0.830. The molecule has 1 heterocycles. The molecule has 1 aliphatic heterocycles. The van der Waals surface area contributed by atoms with E-state index in [1.165, 1.54) is 11.1 Å². The normalized spacial score (nSPS) is 16.8. The maximum absolute atomic E-state index is 12.2. The van der Waals surface area contributed by atoms with Gasteiger partial charge in [0.25, 0.3) is 0 Å². The van der Waals surface area contributed by atoms with Crippen LogP contribution in [0.25, 0.3) is 0 Å². The Bertz CT molecular complexity index is 416. The number of fused-ring (bicyclic) bond motifs is 1. The lowest BCUT2D eigenvalue weighted by Crippen LogP contribution is -2.41. The number of carbonyl (C=O) groups is 1. The standard InChI is InChI=1S/C14H18BrNO/c1-10(2)13(15)14(17)16-8-7-11-5-3-4-6-12(11)9-16/h3-6,10,13H,7-9H2,1-2H3/t13-/m1/s1. The predicted octanol–water partition coefficient (Wildman–Crippen LogP) is 2.99. The van der Waals surface area contributed by atoms with Crippen molar-refractivity contribution in [3.63, 3.8) is 0 Å². The van der Waals surface area contributed by atoms with Crippen molar-refractivity contribution in [2.75, 3.05) is 6.54 Å². The number of hydrogen-bond donors (Lipinski definition) is 0. The van der Waals surface area contributed by atoms with Crippen LogP contribution in [0.3, 0.4) is 0 Å². The molecule has 17 heavy (non-hydrogen) atoms. The lowest BCUT2D eigenvalue weighted by atomic mass is 9.99. The van der Waals surface area contributed by atoms with Gasteiger partial charge in [-0.2, -0.15) is 0 Å². The fourth-order valence-electron chi connectivity index (χ4n) is 2.14. The Balaban J connectivity index is 2.10. The smallest absolute Gasteiger partial charge is 0.236 e. The monoisotopic (exact) mass is 295 g/mol. The van der Waals surface area contributed by atoms with Crippen molar-refractivity contribution in [3.8, 4) is 0 Å². The maximum atomic E-state index is 12.2. The van der Waals surface area contributed by atoms with Crippen molar-refractivity contribution in [1.82, 2.24) is 4.90 Å². The zero-order valence-electron chi connectivity index (χ0n) is 10.3. The van der Waals surface area contributed by atoms with Crippen molar-refractivity contribution in [2.45, 2.75) is 31.6 Å². The molecule has 1 aromatic carbocycles. The minimum absolute atomic E-state index is 0.0623. The molecule has 0 aromatic heterocycles. The zero-order valence-corrected chi connectivity index (χ0v) is 11.9. The first kappa shape index (κ1) is 12.6. The van der Waals surface area contributed by atoms with Crippen molar-refractivity contribution >= 4 is 21.8 Å². The fourth-order valence-corrected chi connectivity index (χ4v) is 2.43. The molecule has 0 radical (unpaired) electrons. The third-order valence-corrected chi connectivity index (χ3v) is 4.71. The molecule has 0 bridgehead atoms. The van der Waals surface area contributed by atoms with E-state index in [-0.39, 0.29) is 10.7 Å². The number of benzene rings is 1. The van der Waals surface area contributed by atoms with Gasteiger partial charge in [-0.3, -0.25) is 4.79 Å². The second-order valence-corrected chi connectivity index (χ2v) is 5.91. The van der Waals surface area contributed by atoms with E-state index in [1.54, 1.807) is 0 Å². The molecular weight excluding hydrogens is 278 g/mol. The summed E-state index contributed by atoms with van der Waals surface area (Å²) in [6, 6.07) is 8.39. The Morgan fingerprint density at radius 1 is 1.29 bits per heavy atom. The highest BCUT2D eigenvalue weighted by Crippen LogP contribution is 2.22. The SMILES string of the molecule is CC(C)[C@@H](Br)C(=O)N1CCc2ccccc2C1. The van der Waals surface area contributed by atoms with Gasteiger partial charge in [-0.05, 0) is 23.5 Å². The van der Waals surface area contributed by atoms with Gasteiger partial charge in [0.15, 0.2) is 0 Å². The molecule has 0 fully saturated rings. The van der Waals surface area contributed by atoms with Crippen LogP contribution in [-0.2, 0) is 17.8 Å². The summed E-state index contributed by atoms with van der Waals surface area (Å²) >= 11 is 3.49. The Labute approximate surface area is 111 Å². The summed E-state index contributed by atoms with van der Waals surface area (Å²) in [6.07, 6.45) is 0.972. The molecule has 2 nitrogen and oxygen atoms in total. The van der Waals surface area contributed by atoms with Gasteiger partial charge < -0.3 is 4.90 Å². The summed E-state index contributed by atoms with van der Waals surface area (Å²) in [4.78, 5) is 14.1. The molecule has 0 unspecified atom stereocenters. The fraction of sp³-hybridized carbons (Fsp3) is 0.500. The minimum atomic E-state index is -0.0623. The molecule has 92 valence electrons. The number of rotatable bonds is 2. The van der Waals surface area contributed by atoms with Gasteiger partial charge in [-0.15, -0.1) is 0 Å². The van der Waals surface area contributed by atoms with Gasteiger partial charge in [-0.1, -0.05) is 54.0 Å². The molecule has 3 heteroatoms. The summed E-state index contributed by atoms with van der Waals surface area (Å²) < 4.78 is 0. The van der Waals surface area contributed by atoms with Crippen LogP contribution in [0, 0.1) is 5.92 Å². The van der Waals surface area contributed by atoms with Crippen LogP contribution in [0.15, 0.2) is 24.3 Å². The zero-order chi connectivity index (χ0) is 12.4. The molecule has 0 aliphatic carbocycles. The number of amides is 1. The highest BCUT2D eigenvalue weighted by Gasteiger charge is 2.27. The van der Waals surface area contributed by atoms with E-state index in [2.05, 4.69) is 48.0 Å². The number of halogens is 1. The second-order valence-electron chi connectivity index (χ2n) is 4.92. The van der Waals surface area contributed by atoms with Crippen molar-refractivity contribution in [1.29, 1.82) is 0 Å². The molecule has 0 saturated heterocycles. The Kier molecular flexibility index (Phi) is 3.87. The third-order valence-electron chi connectivity index (χ3n) is 3.26. The van der Waals surface area contributed by atoms with E-state index in [0.717, 1.165) is 19.5 Å². The molecule has 0 N–H and O–H groups in total.